The van der Waals surface area contributed by atoms with Crippen LogP contribution in [0.15, 0.2) is 23.9 Å². The van der Waals surface area contributed by atoms with Crippen LogP contribution in [0.2, 0.25) is 0 Å². The monoisotopic (exact) mass is 165 g/mol. The van der Waals surface area contributed by atoms with Crippen molar-refractivity contribution < 1.29 is 4.79 Å². The molecular weight excluding hydrogens is 150 g/mol. The molecule has 1 atom stereocenters. The summed E-state index contributed by atoms with van der Waals surface area (Å²) in [6.45, 7) is 4.01. The molecule has 0 saturated carbocycles. The summed E-state index contributed by atoms with van der Waals surface area (Å²) in [7, 11) is 0. The van der Waals surface area contributed by atoms with Crippen molar-refractivity contribution in [3.8, 4) is 0 Å². The summed E-state index contributed by atoms with van der Waals surface area (Å²) in [5.41, 5.74) is 0.944. The highest BCUT2D eigenvalue weighted by Crippen LogP contribution is 2.13. The molecule has 0 radical (unpaired) electrons. The SMILES string of the molecule is CCC(=O)NC1=CCC(C)C=C1. The van der Waals surface area contributed by atoms with Crippen molar-refractivity contribution in [3.05, 3.63) is 23.9 Å². The molecule has 2 nitrogen and oxygen atoms in total. The Morgan fingerprint density at radius 2 is 2.50 bits per heavy atom. The molecule has 1 amide bonds. The number of carbonyl (C=O) groups is 1. The Morgan fingerprint density at radius 1 is 1.75 bits per heavy atom. The van der Waals surface area contributed by atoms with E-state index in [9.17, 15) is 4.79 Å². The van der Waals surface area contributed by atoms with Gasteiger partial charge in [-0.25, -0.2) is 0 Å². The zero-order chi connectivity index (χ0) is 8.97. The molecule has 0 aliphatic heterocycles. The van der Waals surface area contributed by atoms with E-state index in [0.717, 1.165) is 12.1 Å². The Hall–Kier alpha value is -1.05. The van der Waals surface area contributed by atoms with Crippen LogP contribution in [0.1, 0.15) is 26.7 Å². The molecule has 0 aromatic heterocycles. The highest BCUT2D eigenvalue weighted by Gasteiger charge is 2.04. The number of carbonyl (C=O) groups excluding carboxylic acids is 1. The van der Waals surface area contributed by atoms with Crippen LogP contribution in [0, 0.1) is 5.92 Å². The third-order valence-corrected chi connectivity index (χ3v) is 1.92. The number of allylic oxidation sites excluding steroid dienone is 3. The third-order valence-electron chi connectivity index (χ3n) is 1.92. The molecule has 66 valence electrons. The quantitative estimate of drug-likeness (QED) is 0.666. The fraction of sp³-hybridized carbons (Fsp3) is 0.500. The summed E-state index contributed by atoms with van der Waals surface area (Å²) in [5.74, 6) is 0.688. The normalized spacial score (nSPS) is 21.8. The maximum Gasteiger partial charge on any atom is 0.224 e. The number of amides is 1. The minimum Gasteiger partial charge on any atom is -0.326 e. The van der Waals surface area contributed by atoms with Gasteiger partial charge in [-0.15, -0.1) is 0 Å². The van der Waals surface area contributed by atoms with Crippen LogP contribution in [0.25, 0.3) is 0 Å². The van der Waals surface area contributed by atoms with E-state index >= 15 is 0 Å². The zero-order valence-corrected chi connectivity index (χ0v) is 7.63. The Morgan fingerprint density at radius 3 is 3.00 bits per heavy atom. The second-order valence-corrected chi connectivity index (χ2v) is 3.13. The van der Waals surface area contributed by atoms with Crippen molar-refractivity contribution in [2.24, 2.45) is 5.92 Å². The van der Waals surface area contributed by atoms with Crippen molar-refractivity contribution in [3.63, 3.8) is 0 Å². The molecule has 0 saturated heterocycles. The first kappa shape index (κ1) is 9.04. The first-order chi connectivity index (χ1) is 5.72. The fourth-order valence-electron chi connectivity index (χ4n) is 1.07. The molecule has 1 aliphatic rings. The highest BCUT2D eigenvalue weighted by molar-refractivity contribution is 5.77. The zero-order valence-electron chi connectivity index (χ0n) is 7.63. The molecule has 0 aromatic carbocycles. The fourth-order valence-corrected chi connectivity index (χ4v) is 1.07. The van der Waals surface area contributed by atoms with E-state index in [0.29, 0.717) is 12.3 Å². The van der Waals surface area contributed by atoms with Crippen LogP contribution in [0.5, 0.6) is 0 Å². The third kappa shape index (κ3) is 2.53. The molecule has 1 unspecified atom stereocenters. The van der Waals surface area contributed by atoms with E-state index in [1.165, 1.54) is 0 Å². The maximum atomic E-state index is 11.0. The van der Waals surface area contributed by atoms with E-state index in [2.05, 4.69) is 24.4 Å². The van der Waals surface area contributed by atoms with Crippen molar-refractivity contribution in [2.45, 2.75) is 26.7 Å². The standard InChI is InChI=1S/C10H15NO/c1-3-10(12)11-9-6-4-8(2)5-7-9/h4,6-8H,3,5H2,1-2H3,(H,11,12). The van der Waals surface area contributed by atoms with Crippen LogP contribution >= 0.6 is 0 Å². The lowest BCUT2D eigenvalue weighted by Crippen LogP contribution is -2.21. The average molecular weight is 165 g/mol. The molecule has 0 heterocycles. The molecule has 1 rings (SSSR count). The van der Waals surface area contributed by atoms with E-state index in [1.54, 1.807) is 0 Å². The topological polar surface area (TPSA) is 29.1 Å². The number of hydrogen-bond donors (Lipinski definition) is 1. The molecule has 12 heavy (non-hydrogen) atoms. The summed E-state index contributed by atoms with van der Waals surface area (Å²) in [6.07, 6.45) is 7.72. The molecule has 0 fully saturated rings. The first-order valence-corrected chi connectivity index (χ1v) is 4.40. The highest BCUT2D eigenvalue weighted by atomic mass is 16.1. The summed E-state index contributed by atoms with van der Waals surface area (Å²) >= 11 is 0. The number of hydrogen-bond acceptors (Lipinski definition) is 1. The summed E-state index contributed by atoms with van der Waals surface area (Å²) in [4.78, 5) is 11.0. The predicted molar refractivity (Wildman–Crippen MR) is 49.4 cm³/mol. The van der Waals surface area contributed by atoms with Gasteiger partial charge in [-0.3, -0.25) is 4.79 Å². The number of rotatable bonds is 2. The largest absolute Gasteiger partial charge is 0.326 e. The van der Waals surface area contributed by atoms with Crippen molar-refractivity contribution in [1.29, 1.82) is 0 Å². The minimum atomic E-state index is 0.0838. The van der Waals surface area contributed by atoms with Crippen LogP contribution in [-0.4, -0.2) is 5.91 Å². The van der Waals surface area contributed by atoms with Gasteiger partial charge in [-0.2, -0.15) is 0 Å². The van der Waals surface area contributed by atoms with Gasteiger partial charge in [0.05, 0.1) is 0 Å². The second-order valence-electron chi connectivity index (χ2n) is 3.13. The lowest BCUT2D eigenvalue weighted by molar-refractivity contribution is -0.120. The summed E-state index contributed by atoms with van der Waals surface area (Å²) in [6, 6.07) is 0. The molecular formula is C10H15NO. The van der Waals surface area contributed by atoms with Gasteiger partial charge >= 0.3 is 0 Å². The summed E-state index contributed by atoms with van der Waals surface area (Å²) < 4.78 is 0. The Bertz CT molecular complexity index is 228. The molecule has 0 bridgehead atoms. The second kappa shape index (κ2) is 4.10. The van der Waals surface area contributed by atoms with Gasteiger partial charge < -0.3 is 5.32 Å². The van der Waals surface area contributed by atoms with Gasteiger partial charge in [0.15, 0.2) is 0 Å². The van der Waals surface area contributed by atoms with Gasteiger partial charge in [0, 0.05) is 12.1 Å². The van der Waals surface area contributed by atoms with E-state index in [-0.39, 0.29) is 5.91 Å². The van der Waals surface area contributed by atoms with Crippen LogP contribution in [0.4, 0.5) is 0 Å². The Balaban J connectivity index is 2.45. The molecule has 1 aliphatic carbocycles. The average Bonchev–Trinajstić information content (AvgIpc) is 2.09. The lowest BCUT2D eigenvalue weighted by Gasteiger charge is -2.11. The van der Waals surface area contributed by atoms with Gasteiger partial charge in [0.25, 0.3) is 0 Å². The molecule has 1 N–H and O–H groups in total. The van der Waals surface area contributed by atoms with Gasteiger partial charge in [-0.05, 0) is 18.4 Å². The molecule has 0 spiro atoms. The lowest BCUT2D eigenvalue weighted by atomic mass is 10.0. The smallest absolute Gasteiger partial charge is 0.224 e. The Labute approximate surface area is 73.4 Å². The predicted octanol–water partition coefficient (Wildman–Crippen LogP) is 1.99. The van der Waals surface area contributed by atoms with E-state index in [4.69, 9.17) is 0 Å². The van der Waals surface area contributed by atoms with Gasteiger partial charge in [0.1, 0.15) is 0 Å². The molecule has 2 heteroatoms. The van der Waals surface area contributed by atoms with Gasteiger partial charge in [0.2, 0.25) is 5.91 Å². The van der Waals surface area contributed by atoms with Crippen LogP contribution < -0.4 is 5.32 Å². The number of nitrogens with one attached hydrogen (secondary N) is 1. The van der Waals surface area contributed by atoms with Crippen molar-refractivity contribution >= 4 is 5.91 Å². The maximum absolute atomic E-state index is 11.0. The van der Waals surface area contributed by atoms with Crippen molar-refractivity contribution in [1.82, 2.24) is 5.32 Å². The first-order valence-electron chi connectivity index (χ1n) is 4.40. The van der Waals surface area contributed by atoms with E-state index < -0.39 is 0 Å². The van der Waals surface area contributed by atoms with Crippen LogP contribution in [0.3, 0.4) is 0 Å². The Kier molecular flexibility index (Phi) is 3.09. The summed E-state index contributed by atoms with van der Waals surface area (Å²) in [5, 5.41) is 2.82. The van der Waals surface area contributed by atoms with Gasteiger partial charge in [-0.1, -0.05) is 26.0 Å². The van der Waals surface area contributed by atoms with Crippen molar-refractivity contribution in [2.75, 3.05) is 0 Å². The minimum absolute atomic E-state index is 0.0838. The van der Waals surface area contributed by atoms with E-state index in [1.807, 2.05) is 13.0 Å². The molecule has 0 aromatic rings. The van der Waals surface area contributed by atoms with Crippen LogP contribution in [-0.2, 0) is 4.79 Å².